The van der Waals surface area contributed by atoms with Crippen LogP contribution < -0.4 is 5.32 Å². The molecular weight excluding hydrogens is 222 g/mol. The Hall–Kier alpha value is -0.860. The molecule has 0 aliphatic carbocycles. The number of ether oxygens (including phenoxy) is 1. The lowest BCUT2D eigenvalue weighted by Crippen LogP contribution is -2.40. The van der Waals surface area contributed by atoms with Gasteiger partial charge >= 0.3 is 0 Å². The number of benzene rings is 1. The Balaban J connectivity index is 3.16. The molecule has 0 radical (unpaired) electrons. The fourth-order valence-electron chi connectivity index (χ4n) is 2.63. The van der Waals surface area contributed by atoms with Crippen molar-refractivity contribution in [3.8, 4) is 0 Å². The van der Waals surface area contributed by atoms with Gasteiger partial charge in [0, 0.05) is 7.11 Å². The van der Waals surface area contributed by atoms with Gasteiger partial charge in [0.15, 0.2) is 0 Å². The maximum atomic E-state index is 5.74. The van der Waals surface area contributed by atoms with Gasteiger partial charge in [-0.2, -0.15) is 0 Å². The van der Waals surface area contributed by atoms with E-state index in [0.717, 1.165) is 0 Å². The maximum Gasteiger partial charge on any atom is 0.0814 e. The van der Waals surface area contributed by atoms with Crippen LogP contribution in [0.25, 0.3) is 0 Å². The summed E-state index contributed by atoms with van der Waals surface area (Å²) in [5, 5.41) is 3.41. The lowest BCUT2D eigenvalue weighted by atomic mass is 9.81. The summed E-state index contributed by atoms with van der Waals surface area (Å²) < 4.78 is 5.74. The molecular formula is C16H27NO. The van der Waals surface area contributed by atoms with Crippen molar-refractivity contribution in [3.05, 3.63) is 34.9 Å². The fourth-order valence-corrected chi connectivity index (χ4v) is 2.63. The summed E-state index contributed by atoms with van der Waals surface area (Å²) in [4.78, 5) is 0. The second-order valence-corrected chi connectivity index (χ2v) is 6.15. The molecule has 0 bridgehead atoms. The molecule has 102 valence electrons. The van der Waals surface area contributed by atoms with Crippen molar-refractivity contribution in [2.45, 2.75) is 46.8 Å². The van der Waals surface area contributed by atoms with Crippen LogP contribution >= 0.6 is 0 Å². The van der Waals surface area contributed by atoms with Crippen LogP contribution in [0.5, 0.6) is 0 Å². The number of hydrogen-bond donors (Lipinski definition) is 1. The highest BCUT2D eigenvalue weighted by atomic mass is 16.5. The van der Waals surface area contributed by atoms with Gasteiger partial charge in [-0.3, -0.25) is 0 Å². The Morgan fingerprint density at radius 1 is 1.17 bits per heavy atom. The zero-order valence-corrected chi connectivity index (χ0v) is 12.8. The van der Waals surface area contributed by atoms with Crippen LogP contribution in [-0.2, 0) is 4.74 Å². The second-order valence-electron chi connectivity index (χ2n) is 6.15. The van der Waals surface area contributed by atoms with Crippen molar-refractivity contribution < 1.29 is 4.74 Å². The third-order valence-corrected chi connectivity index (χ3v) is 3.48. The standard InChI is InChI=1S/C16H27NO/c1-11-8-9-13(12(2)10-11)14(17-6)15(18-7)16(3,4)5/h8-10,14-15,17H,1-7H3. The summed E-state index contributed by atoms with van der Waals surface area (Å²) in [5.41, 5.74) is 4.04. The Morgan fingerprint density at radius 2 is 1.78 bits per heavy atom. The zero-order valence-electron chi connectivity index (χ0n) is 12.8. The van der Waals surface area contributed by atoms with E-state index >= 15 is 0 Å². The highest BCUT2D eigenvalue weighted by Crippen LogP contribution is 2.33. The van der Waals surface area contributed by atoms with E-state index in [0.29, 0.717) is 0 Å². The average molecular weight is 249 g/mol. The van der Waals surface area contributed by atoms with Crippen molar-refractivity contribution in [1.82, 2.24) is 5.32 Å². The molecule has 2 atom stereocenters. The highest BCUT2D eigenvalue weighted by molar-refractivity contribution is 5.33. The lowest BCUT2D eigenvalue weighted by molar-refractivity contribution is -0.0103. The number of rotatable bonds is 4. The van der Waals surface area contributed by atoms with Crippen LogP contribution in [0.3, 0.4) is 0 Å². The maximum absolute atomic E-state index is 5.74. The molecule has 1 aromatic rings. The average Bonchev–Trinajstić information content (AvgIpc) is 2.25. The van der Waals surface area contributed by atoms with E-state index in [-0.39, 0.29) is 17.6 Å². The summed E-state index contributed by atoms with van der Waals surface area (Å²) in [5.74, 6) is 0. The van der Waals surface area contributed by atoms with Crippen molar-refractivity contribution in [1.29, 1.82) is 0 Å². The van der Waals surface area contributed by atoms with Gasteiger partial charge in [0.1, 0.15) is 0 Å². The predicted octanol–water partition coefficient (Wildman–Crippen LogP) is 3.63. The topological polar surface area (TPSA) is 21.3 Å². The molecule has 0 aliphatic heterocycles. The first-order valence-corrected chi connectivity index (χ1v) is 6.58. The van der Waals surface area contributed by atoms with Gasteiger partial charge in [-0.1, -0.05) is 44.5 Å². The number of aryl methyl sites for hydroxylation is 2. The molecule has 2 unspecified atom stereocenters. The summed E-state index contributed by atoms with van der Waals surface area (Å²) in [6.07, 6.45) is 0.143. The monoisotopic (exact) mass is 249 g/mol. The van der Waals surface area contributed by atoms with Crippen LogP contribution in [0.15, 0.2) is 18.2 Å². The predicted molar refractivity (Wildman–Crippen MR) is 78.0 cm³/mol. The van der Waals surface area contributed by atoms with Gasteiger partial charge in [0.05, 0.1) is 12.1 Å². The SMILES string of the molecule is CNC(c1ccc(C)cc1C)C(OC)C(C)(C)C. The third kappa shape index (κ3) is 3.33. The van der Waals surface area contributed by atoms with Gasteiger partial charge < -0.3 is 10.1 Å². The molecule has 0 aromatic heterocycles. The fraction of sp³-hybridized carbons (Fsp3) is 0.625. The van der Waals surface area contributed by atoms with Crippen LogP contribution in [0, 0.1) is 19.3 Å². The summed E-state index contributed by atoms with van der Waals surface area (Å²) in [7, 11) is 3.80. The third-order valence-electron chi connectivity index (χ3n) is 3.48. The lowest BCUT2D eigenvalue weighted by Gasteiger charge is -2.36. The number of methoxy groups -OCH3 is 1. The van der Waals surface area contributed by atoms with Crippen LogP contribution in [0.1, 0.15) is 43.5 Å². The molecule has 18 heavy (non-hydrogen) atoms. The molecule has 0 aliphatic rings. The minimum Gasteiger partial charge on any atom is -0.379 e. The largest absolute Gasteiger partial charge is 0.379 e. The molecule has 2 heteroatoms. The molecule has 1 N–H and O–H groups in total. The van der Waals surface area contributed by atoms with Gasteiger partial charge in [0.25, 0.3) is 0 Å². The van der Waals surface area contributed by atoms with Crippen LogP contribution in [0.4, 0.5) is 0 Å². The van der Waals surface area contributed by atoms with E-state index in [4.69, 9.17) is 4.74 Å². The molecule has 2 nitrogen and oxygen atoms in total. The number of hydrogen-bond acceptors (Lipinski definition) is 2. The molecule has 0 spiro atoms. The van der Waals surface area contributed by atoms with E-state index in [1.165, 1.54) is 16.7 Å². The normalized spacial score (nSPS) is 15.5. The first-order valence-electron chi connectivity index (χ1n) is 6.58. The van der Waals surface area contributed by atoms with E-state index in [1.807, 2.05) is 7.05 Å². The summed E-state index contributed by atoms with van der Waals surface area (Å²) >= 11 is 0. The van der Waals surface area contributed by atoms with Crippen molar-refractivity contribution in [3.63, 3.8) is 0 Å². The van der Waals surface area contributed by atoms with Gasteiger partial charge in [-0.15, -0.1) is 0 Å². The second kappa shape index (κ2) is 5.85. The minimum absolute atomic E-state index is 0.0970. The molecule has 1 aromatic carbocycles. The van der Waals surface area contributed by atoms with E-state index < -0.39 is 0 Å². The zero-order chi connectivity index (χ0) is 13.9. The Kier molecular flexibility index (Phi) is 4.94. The van der Waals surface area contributed by atoms with Crippen LogP contribution in [-0.4, -0.2) is 20.3 Å². The van der Waals surface area contributed by atoms with Gasteiger partial charge in [-0.25, -0.2) is 0 Å². The summed E-state index contributed by atoms with van der Waals surface area (Å²) in [6, 6.07) is 6.83. The smallest absolute Gasteiger partial charge is 0.0814 e. The van der Waals surface area contributed by atoms with E-state index in [1.54, 1.807) is 7.11 Å². The van der Waals surface area contributed by atoms with Crippen molar-refractivity contribution in [2.24, 2.45) is 5.41 Å². The van der Waals surface area contributed by atoms with Crippen LogP contribution in [0.2, 0.25) is 0 Å². The molecule has 0 heterocycles. The highest BCUT2D eigenvalue weighted by Gasteiger charge is 2.33. The Morgan fingerprint density at radius 3 is 2.17 bits per heavy atom. The number of likely N-dealkylation sites (N-methyl/N-ethyl adjacent to an activating group) is 1. The number of nitrogens with one attached hydrogen (secondary N) is 1. The summed E-state index contributed by atoms with van der Waals surface area (Å²) in [6.45, 7) is 10.9. The van der Waals surface area contributed by atoms with Crippen molar-refractivity contribution in [2.75, 3.05) is 14.2 Å². The Bertz CT molecular complexity index is 393. The minimum atomic E-state index is 0.0970. The van der Waals surface area contributed by atoms with Gasteiger partial charge in [0.2, 0.25) is 0 Å². The molecule has 0 saturated carbocycles. The Labute approximate surface area is 112 Å². The first kappa shape index (κ1) is 15.2. The molecule has 0 fully saturated rings. The first-order chi connectivity index (χ1) is 8.31. The molecule has 0 amide bonds. The van der Waals surface area contributed by atoms with Gasteiger partial charge in [-0.05, 0) is 37.4 Å². The quantitative estimate of drug-likeness (QED) is 0.880. The van der Waals surface area contributed by atoms with Crippen molar-refractivity contribution >= 4 is 0 Å². The van der Waals surface area contributed by atoms with E-state index in [2.05, 4.69) is 58.1 Å². The van der Waals surface area contributed by atoms with E-state index in [9.17, 15) is 0 Å². The molecule has 0 saturated heterocycles. The molecule has 1 rings (SSSR count).